The van der Waals surface area contributed by atoms with Crippen molar-refractivity contribution in [2.24, 2.45) is 35.3 Å². The lowest BCUT2D eigenvalue weighted by Gasteiger charge is -2.43. The molecule has 7 heterocycles. The number of allylic oxidation sites excluding steroid dienone is 5. The van der Waals surface area contributed by atoms with Crippen LogP contribution in [0.25, 0.3) is 33.4 Å². The highest BCUT2D eigenvalue weighted by Gasteiger charge is 2.53. The summed E-state index contributed by atoms with van der Waals surface area (Å²) in [5, 5.41) is 43.2. The maximum absolute atomic E-state index is 14.8. The molecule has 0 spiro atoms. The molecule has 2 bridgehead atoms. The van der Waals surface area contributed by atoms with E-state index in [4.69, 9.17) is 93.0 Å². The standard InChI is InChI=1S/C92H135N11O24/c1-58-15-11-10-12-16-59(2)75(113-7)53-69-23-18-63(6)92(112,127-69)85(108)88(109)102-29-14-13-17-72(102)89(110)124-77(54-76(114-8)60(3)48-62(5)83(106)84(107)82(105)61(4)47-58)70(93)50-64-20-24-74(78(51-64)115-9)126-91(111)96-28-32-117-34-36-119-38-40-121-42-44-123-46-45-122-43-41-120-39-37-118-35-33-116-31-27-79(104)101-30-26-66-49-65(19-21-68(66)56-101)55-103-87-80(86(94)97-57-98-87)81(100-103)67-22-25-73-71(52-67)99-90(95)125-73/h10-12,15-16,19,21-22,25,48-49,52,57-58,60-61,63-64,69-70,72,74-78,83-84,106-107,112H,13-14,17-18,20,23-24,26-47,50-51,53-56,93H2,1-9H3,(H2,95,99)(H,96,111)(H2,94,97,98)/b12-10+,15-11+,59-16+,62-48+/t58-,60-,61-,63-,64+,69+,70-,72+,74-,75+,76-,77+,78-,83-,84+,92-/m1/s1. The van der Waals surface area contributed by atoms with Gasteiger partial charge in [-0.05, 0) is 142 Å². The molecule has 10 rings (SSSR count). The van der Waals surface area contributed by atoms with Crippen LogP contribution in [0, 0.1) is 29.6 Å². The van der Waals surface area contributed by atoms with Crippen molar-refractivity contribution in [1.29, 1.82) is 0 Å². The lowest BCUT2D eigenvalue weighted by molar-refractivity contribution is -0.265. The SMILES string of the molecule is CO[C@H]1C[C@@H]2CC[C@@H](C)[C@@](O)(O2)C(=O)C(=O)N2CCCC[C@H]2C(=O)O[C@H]([C@H](N)C[C@@H]2CC[C@@H](OC(=O)NCCOCCOCCOCCOCCOCCOCCOCCOCCC(=O)N3CCc4cc(Cn5nc(-c6ccc7oc(N)nc7c6)c6c(N)ncnc65)ccc4C3)[C@H](OC)C2)C[C@@H](OC)[C@H](C)/C=C(\C)[C@@H](O)[C@@H](O)C(=O)[C@H](C)C[C@H](C)/C=C/C=C/C=C/1C. The molecule has 10 N–H and O–H groups in total. The molecular weight excluding hydrogens is 1640 g/mol. The van der Waals surface area contributed by atoms with Crippen molar-refractivity contribution in [2.75, 3.05) is 158 Å². The van der Waals surface area contributed by atoms with Crippen LogP contribution in [0.15, 0.2) is 94.7 Å². The second-order valence-corrected chi connectivity index (χ2v) is 33.8. The lowest BCUT2D eigenvalue weighted by Crippen LogP contribution is -2.61. The number of aliphatic hydroxyl groups is 3. The van der Waals surface area contributed by atoms with E-state index in [0.29, 0.717) is 216 Å². The molecule has 0 unspecified atom stereocenters. The number of nitrogens with two attached hydrogens (primary N) is 3. The quantitative estimate of drug-likeness (QED) is 0.00867. The van der Waals surface area contributed by atoms with Crippen molar-refractivity contribution in [1.82, 2.24) is 39.8 Å². The molecule has 3 aromatic heterocycles. The number of cyclic esters (lactones) is 1. The largest absolute Gasteiger partial charge is 0.459 e. The maximum atomic E-state index is 14.8. The van der Waals surface area contributed by atoms with E-state index in [1.54, 1.807) is 47.1 Å². The topological polar surface area (TPSA) is 459 Å². The minimum Gasteiger partial charge on any atom is -0.459 e. The van der Waals surface area contributed by atoms with Crippen molar-refractivity contribution >= 4 is 69.4 Å². The molecule has 127 heavy (non-hydrogen) atoms. The summed E-state index contributed by atoms with van der Waals surface area (Å²) in [5.41, 5.74) is 27.0. The van der Waals surface area contributed by atoms with Gasteiger partial charge in [0, 0.05) is 89.7 Å². The van der Waals surface area contributed by atoms with Gasteiger partial charge in [-0.25, -0.2) is 24.2 Å². The molecule has 2 saturated heterocycles. The Morgan fingerprint density at radius 2 is 1.35 bits per heavy atom. The number of aromatic nitrogens is 5. The summed E-state index contributed by atoms with van der Waals surface area (Å²) in [5.74, 6) is -7.64. The summed E-state index contributed by atoms with van der Waals surface area (Å²) < 4.78 is 88.8. The fraction of sp³-hybridized carbons (Fsp3) is 0.652. The first-order valence-electron chi connectivity index (χ1n) is 44.8. The number of piperidine rings is 1. The number of carbonyl (C=O) groups excluding carboxylic acids is 6. The molecule has 702 valence electrons. The fourth-order valence-corrected chi connectivity index (χ4v) is 17.1. The van der Waals surface area contributed by atoms with Crippen LogP contribution in [0.3, 0.4) is 0 Å². The number of alkyl carbamates (subject to hydrolysis) is 1. The smallest absolute Gasteiger partial charge is 0.407 e. The number of aliphatic hydroxyl groups excluding tert-OH is 2. The van der Waals surface area contributed by atoms with E-state index in [9.17, 15) is 44.1 Å². The fourth-order valence-electron chi connectivity index (χ4n) is 17.1. The summed E-state index contributed by atoms with van der Waals surface area (Å²) in [6.45, 7) is 18.3. The number of nitrogens with one attached hydrogen (secondary N) is 1. The minimum atomic E-state index is -2.48. The first kappa shape index (κ1) is 101. The highest BCUT2D eigenvalue weighted by Crippen LogP contribution is 2.39. The predicted octanol–water partition coefficient (Wildman–Crippen LogP) is 7.67. The average Bonchev–Trinajstić information content (AvgIpc) is 1.71. The van der Waals surface area contributed by atoms with Gasteiger partial charge in [-0.2, -0.15) is 10.1 Å². The Hall–Kier alpha value is -8.60. The van der Waals surface area contributed by atoms with Crippen LogP contribution in [-0.4, -0.2) is 299 Å². The number of anilines is 2. The third kappa shape index (κ3) is 29.5. The molecule has 3 amide bonds. The Labute approximate surface area is 743 Å². The molecule has 5 aromatic rings. The Bertz CT molecular complexity index is 4460. The number of fused-ring (bicyclic) bond motifs is 6. The number of benzene rings is 2. The third-order valence-corrected chi connectivity index (χ3v) is 24.5. The zero-order valence-corrected chi connectivity index (χ0v) is 75.2. The van der Waals surface area contributed by atoms with Crippen LogP contribution < -0.4 is 22.5 Å². The van der Waals surface area contributed by atoms with Gasteiger partial charge < -0.3 is 118 Å². The maximum Gasteiger partial charge on any atom is 0.407 e. The number of nitrogens with zero attached hydrogens (tertiary/aromatic N) is 7. The number of methoxy groups -OCH3 is 3. The van der Waals surface area contributed by atoms with Crippen molar-refractivity contribution < 1.29 is 115 Å². The molecule has 5 aliphatic rings. The summed E-state index contributed by atoms with van der Waals surface area (Å²) in [4.78, 5) is 99.9. The van der Waals surface area contributed by atoms with Gasteiger partial charge in [-0.1, -0.05) is 82.4 Å². The first-order chi connectivity index (χ1) is 61.3. The van der Waals surface area contributed by atoms with Gasteiger partial charge >= 0.3 is 12.1 Å². The molecule has 35 nitrogen and oxygen atoms in total. The van der Waals surface area contributed by atoms with Crippen LogP contribution >= 0.6 is 0 Å². The molecule has 4 aliphatic heterocycles. The van der Waals surface area contributed by atoms with Crippen LogP contribution in [-0.2, 0) is 110 Å². The van der Waals surface area contributed by atoms with Gasteiger partial charge in [0.25, 0.3) is 17.7 Å². The van der Waals surface area contributed by atoms with E-state index >= 15 is 0 Å². The zero-order chi connectivity index (χ0) is 90.9. The Kier molecular flexibility index (Phi) is 40.5. The van der Waals surface area contributed by atoms with Crippen molar-refractivity contribution in [3.8, 4) is 11.3 Å². The molecule has 2 aromatic carbocycles. The van der Waals surface area contributed by atoms with Crippen LogP contribution in [0.2, 0.25) is 0 Å². The molecule has 1 aliphatic carbocycles. The Morgan fingerprint density at radius 3 is 2.02 bits per heavy atom. The van der Waals surface area contributed by atoms with E-state index in [0.717, 1.165) is 28.7 Å². The summed E-state index contributed by atoms with van der Waals surface area (Å²) in [6, 6.07) is 9.88. The number of rotatable bonds is 37. The van der Waals surface area contributed by atoms with E-state index in [1.807, 2.05) is 72.9 Å². The summed E-state index contributed by atoms with van der Waals surface area (Å²) in [7, 11) is 4.60. The zero-order valence-electron chi connectivity index (χ0n) is 75.2. The lowest BCUT2D eigenvalue weighted by atomic mass is 9.80. The molecule has 0 radical (unpaired) electrons. The van der Waals surface area contributed by atoms with Crippen molar-refractivity contribution in [2.45, 2.75) is 211 Å². The molecule has 3 fully saturated rings. The molecule has 35 heteroatoms. The Morgan fingerprint density at radius 1 is 0.685 bits per heavy atom. The molecule has 1 saturated carbocycles. The van der Waals surface area contributed by atoms with E-state index in [1.165, 1.54) is 23.9 Å². The highest BCUT2D eigenvalue weighted by molar-refractivity contribution is 6.39. The number of oxazole rings is 1. The van der Waals surface area contributed by atoms with Crippen molar-refractivity contribution in [3.63, 3.8) is 0 Å². The van der Waals surface area contributed by atoms with E-state index in [-0.39, 0.29) is 69.1 Å². The van der Waals surface area contributed by atoms with Crippen molar-refractivity contribution in [3.05, 3.63) is 107 Å². The van der Waals surface area contributed by atoms with E-state index in [2.05, 4.69) is 38.5 Å². The molecule has 16 atom stereocenters. The normalized spacial score (nSPS) is 27.6. The van der Waals surface area contributed by atoms with Gasteiger partial charge in [0.2, 0.25) is 11.7 Å². The number of ketones is 2. The number of hydrogen-bond acceptors (Lipinski definition) is 31. The average molecular weight is 1780 g/mol. The van der Waals surface area contributed by atoms with Gasteiger partial charge in [0.1, 0.15) is 53.8 Å². The van der Waals surface area contributed by atoms with Gasteiger partial charge in [-0.15, -0.1) is 0 Å². The van der Waals surface area contributed by atoms with Gasteiger partial charge in [0.15, 0.2) is 17.0 Å². The second kappa shape index (κ2) is 51.1. The first-order valence-corrected chi connectivity index (χ1v) is 44.8. The van der Waals surface area contributed by atoms with Crippen LogP contribution in [0.4, 0.5) is 16.6 Å². The summed E-state index contributed by atoms with van der Waals surface area (Å²) >= 11 is 0. The number of Topliss-reactive ketones (excluding diaryl/α,β-unsaturated/α-hetero) is 2. The number of hydrogen-bond donors (Lipinski definition) is 7. The number of ether oxygens (including phenoxy) is 14. The number of esters is 1. The minimum absolute atomic E-state index is 0.0358. The predicted molar refractivity (Wildman–Crippen MR) is 470 cm³/mol. The van der Waals surface area contributed by atoms with Gasteiger partial charge in [0.05, 0.1) is 148 Å². The third-order valence-electron chi connectivity index (χ3n) is 24.5. The van der Waals surface area contributed by atoms with E-state index < -0.39 is 114 Å². The second-order valence-electron chi connectivity index (χ2n) is 33.8. The Balaban J connectivity index is 0.553. The number of carbonyl (C=O) groups is 6. The highest BCUT2D eigenvalue weighted by atomic mass is 16.6. The monoisotopic (exact) mass is 1780 g/mol. The van der Waals surface area contributed by atoms with Gasteiger partial charge in [-0.3, -0.25) is 19.2 Å². The van der Waals surface area contributed by atoms with Crippen LogP contribution in [0.1, 0.15) is 142 Å². The number of amides is 3. The molecular formula is C92H135N11O24. The number of nitrogen functional groups attached to an aromatic ring is 2. The van der Waals surface area contributed by atoms with Crippen LogP contribution in [0.5, 0.6) is 0 Å². The summed E-state index contributed by atoms with van der Waals surface area (Å²) in [6.07, 6.45) is 10.3.